The molecule has 2 aromatic rings. The summed E-state index contributed by atoms with van der Waals surface area (Å²) in [5.41, 5.74) is 1.52. The summed E-state index contributed by atoms with van der Waals surface area (Å²) in [6.45, 7) is 0.161. The van der Waals surface area contributed by atoms with Gasteiger partial charge in [-0.25, -0.2) is 17.2 Å². The van der Waals surface area contributed by atoms with E-state index in [1.165, 1.54) is 30.5 Å². The van der Waals surface area contributed by atoms with E-state index in [4.69, 9.17) is 4.74 Å². The summed E-state index contributed by atoms with van der Waals surface area (Å²) in [6.07, 6.45) is 2.38. The third-order valence-corrected chi connectivity index (χ3v) is 4.57. The maximum atomic E-state index is 14.1. The fourth-order valence-electron chi connectivity index (χ4n) is 2.37. The van der Waals surface area contributed by atoms with Gasteiger partial charge in [-0.2, -0.15) is 0 Å². The third-order valence-electron chi connectivity index (χ3n) is 3.44. The number of nitrogens with zero attached hydrogens (tertiary/aromatic N) is 1. The molecular weight excluding hydrogens is 324 g/mol. The minimum Gasteiger partial charge on any atom is -0.478 e. The third kappa shape index (κ3) is 3.05. The minimum absolute atomic E-state index is 0.161. The lowest BCUT2D eigenvalue weighted by atomic mass is 10.1. The van der Waals surface area contributed by atoms with Gasteiger partial charge in [0.25, 0.3) is 0 Å². The predicted octanol–water partition coefficient (Wildman–Crippen LogP) is 3.16. The van der Waals surface area contributed by atoms with Crippen LogP contribution in [0.3, 0.4) is 0 Å². The first-order valence-corrected chi connectivity index (χ1v) is 8.60. The van der Waals surface area contributed by atoms with E-state index >= 15 is 0 Å². The highest BCUT2D eigenvalue weighted by molar-refractivity contribution is 7.90. The second-order valence-corrected chi connectivity index (χ2v) is 7.11. The molecule has 2 aromatic carbocycles. The molecule has 0 atom stereocenters. The Kier molecular flexibility index (Phi) is 3.81. The maximum absolute atomic E-state index is 14.1. The molecule has 0 bridgehead atoms. The molecule has 23 heavy (non-hydrogen) atoms. The summed E-state index contributed by atoms with van der Waals surface area (Å²) in [5.74, 6) is -1.23. The normalized spacial score (nSPS) is 14.6. The van der Waals surface area contributed by atoms with E-state index < -0.39 is 21.5 Å². The van der Waals surface area contributed by atoms with Crippen LogP contribution >= 0.6 is 0 Å². The lowest BCUT2D eigenvalue weighted by molar-refractivity contribution is 0.282. The van der Waals surface area contributed by atoms with E-state index in [9.17, 15) is 17.2 Å². The Morgan fingerprint density at radius 3 is 2.57 bits per heavy atom. The number of hydrogen-bond donors (Lipinski definition) is 0. The lowest BCUT2D eigenvalue weighted by Gasteiger charge is -2.20. The molecule has 120 valence electrons. The van der Waals surface area contributed by atoms with Gasteiger partial charge in [0.2, 0.25) is 0 Å². The summed E-state index contributed by atoms with van der Waals surface area (Å²) < 4.78 is 55.7. The van der Waals surface area contributed by atoms with Gasteiger partial charge in [0.1, 0.15) is 22.8 Å². The Bertz CT molecular complexity index is 894. The largest absolute Gasteiger partial charge is 0.478 e. The van der Waals surface area contributed by atoms with Gasteiger partial charge in [-0.05, 0) is 30.3 Å². The zero-order valence-corrected chi connectivity index (χ0v) is 13.0. The average Bonchev–Trinajstić information content (AvgIpc) is 2.95. The molecule has 0 aliphatic carbocycles. The number of hydrogen-bond acceptors (Lipinski definition) is 4. The molecule has 0 fully saturated rings. The molecule has 4 nitrogen and oxygen atoms in total. The molecule has 0 saturated heterocycles. The van der Waals surface area contributed by atoms with E-state index in [0.717, 1.165) is 12.3 Å². The first-order chi connectivity index (χ1) is 10.9. The number of anilines is 1. The van der Waals surface area contributed by atoms with Gasteiger partial charge in [-0.15, -0.1) is 0 Å². The molecular formula is C16H13F2NO3S. The molecule has 1 aliphatic heterocycles. The molecule has 0 amide bonds. The Labute approximate surface area is 132 Å². The molecule has 0 N–H and O–H groups in total. The van der Waals surface area contributed by atoms with Crippen molar-refractivity contribution >= 4 is 21.2 Å². The van der Waals surface area contributed by atoms with E-state index in [2.05, 4.69) is 0 Å². The average molecular weight is 337 g/mol. The standard InChI is InChI=1S/C16H13F2NO3S/c1-23(20,21)16-6-5-11(7-14(16)18)15-9-22-10-19(15)13-4-2-3-12(17)8-13/h2-9H,10H2,1H3. The highest BCUT2D eigenvalue weighted by Gasteiger charge is 2.22. The summed E-state index contributed by atoms with van der Waals surface area (Å²) in [6, 6.07) is 9.76. The number of rotatable bonds is 3. The zero-order chi connectivity index (χ0) is 16.6. The molecule has 3 rings (SSSR count). The predicted molar refractivity (Wildman–Crippen MR) is 82.3 cm³/mol. The van der Waals surface area contributed by atoms with Crippen LogP contribution in [-0.4, -0.2) is 21.4 Å². The van der Waals surface area contributed by atoms with Crippen molar-refractivity contribution in [2.24, 2.45) is 0 Å². The summed E-state index contributed by atoms with van der Waals surface area (Å²) in [5, 5.41) is 0. The van der Waals surface area contributed by atoms with Crippen LogP contribution in [0.5, 0.6) is 0 Å². The topological polar surface area (TPSA) is 46.6 Å². The second kappa shape index (κ2) is 5.66. The van der Waals surface area contributed by atoms with E-state index in [1.807, 2.05) is 0 Å². The van der Waals surface area contributed by atoms with Crippen molar-refractivity contribution in [3.63, 3.8) is 0 Å². The maximum Gasteiger partial charge on any atom is 0.178 e. The van der Waals surface area contributed by atoms with Crippen molar-refractivity contribution in [3.05, 3.63) is 65.9 Å². The van der Waals surface area contributed by atoms with Crippen LogP contribution in [0.25, 0.3) is 5.70 Å². The van der Waals surface area contributed by atoms with E-state index in [-0.39, 0.29) is 11.6 Å². The molecule has 0 radical (unpaired) electrons. The van der Waals surface area contributed by atoms with Crippen LogP contribution in [0.2, 0.25) is 0 Å². The molecule has 0 aromatic heterocycles. The van der Waals surface area contributed by atoms with Gasteiger partial charge in [-0.3, -0.25) is 0 Å². The summed E-state index contributed by atoms with van der Waals surface area (Å²) in [7, 11) is -3.63. The Balaban J connectivity index is 1.99. The van der Waals surface area contributed by atoms with Gasteiger partial charge < -0.3 is 9.64 Å². The smallest absolute Gasteiger partial charge is 0.178 e. The van der Waals surface area contributed by atoms with Crippen molar-refractivity contribution in [2.45, 2.75) is 4.90 Å². The van der Waals surface area contributed by atoms with Crippen LogP contribution in [0.4, 0.5) is 14.5 Å². The second-order valence-electron chi connectivity index (χ2n) is 5.12. The number of ether oxygens (including phenoxy) is 1. The molecule has 1 heterocycles. The Morgan fingerprint density at radius 1 is 1.13 bits per heavy atom. The highest BCUT2D eigenvalue weighted by Crippen LogP contribution is 2.31. The Morgan fingerprint density at radius 2 is 1.91 bits per heavy atom. The molecule has 7 heteroatoms. The van der Waals surface area contributed by atoms with Gasteiger partial charge in [0.15, 0.2) is 16.6 Å². The number of sulfone groups is 1. The van der Waals surface area contributed by atoms with Crippen molar-refractivity contribution in [3.8, 4) is 0 Å². The van der Waals surface area contributed by atoms with Gasteiger partial charge in [0.05, 0.1) is 5.70 Å². The first-order valence-electron chi connectivity index (χ1n) is 6.71. The van der Waals surface area contributed by atoms with E-state index in [1.54, 1.807) is 17.0 Å². The highest BCUT2D eigenvalue weighted by atomic mass is 32.2. The van der Waals surface area contributed by atoms with Crippen LogP contribution < -0.4 is 4.90 Å². The van der Waals surface area contributed by atoms with Crippen molar-refractivity contribution in [2.75, 3.05) is 17.9 Å². The van der Waals surface area contributed by atoms with Gasteiger partial charge in [-0.1, -0.05) is 12.1 Å². The minimum atomic E-state index is -3.63. The van der Waals surface area contributed by atoms with Crippen molar-refractivity contribution in [1.29, 1.82) is 0 Å². The van der Waals surface area contributed by atoms with Crippen LogP contribution in [-0.2, 0) is 14.6 Å². The fourth-order valence-corrected chi connectivity index (χ4v) is 3.09. The summed E-state index contributed by atoms with van der Waals surface area (Å²) in [4.78, 5) is 1.30. The van der Waals surface area contributed by atoms with Gasteiger partial charge in [0, 0.05) is 17.5 Å². The molecule has 0 unspecified atom stereocenters. The monoisotopic (exact) mass is 337 g/mol. The fraction of sp³-hybridized carbons (Fsp3) is 0.125. The quantitative estimate of drug-likeness (QED) is 0.863. The lowest BCUT2D eigenvalue weighted by Crippen LogP contribution is -2.18. The van der Waals surface area contributed by atoms with Crippen molar-refractivity contribution in [1.82, 2.24) is 0 Å². The molecule has 1 aliphatic rings. The number of halogens is 2. The molecule has 0 saturated carbocycles. The van der Waals surface area contributed by atoms with Crippen molar-refractivity contribution < 1.29 is 21.9 Å². The zero-order valence-electron chi connectivity index (χ0n) is 12.2. The number of benzene rings is 2. The van der Waals surface area contributed by atoms with Crippen LogP contribution in [0, 0.1) is 11.6 Å². The molecule has 0 spiro atoms. The van der Waals surface area contributed by atoms with E-state index in [0.29, 0.717) is 16.9 Å². The van der Waals surface area contributed by atoms with Crippen LogP contribution in [0.1, 0.15) is 5.56 Å². The summed E-state index contributed by atoms with van der Waals surface area (Å²) >= 11 is 0. The SMILES string of the molecule is CS(=O)(=O)c1ccc(C2=COCN2c2cccc(F)c2)cc1F. The van der Waals surface area contributed by atoms with Gasteiger partial charge >= 0.3 is 0 Å². The van der Waals surface area contributed by atoms with Crippen LogP contribution in [0.15, 0.2) is 53.6 Å². The first kappa shape index (κ1) is 15.5. The Hall–Kier alpha value is -2.41.